The Hall–Kier alpha value is -4.25. The number of carbonyl (C=O) groups excluding carboxylic acids is 3. The van der Waals surface area contributed by atoms with E-state index in [1.54, 1.807) is 26.8 Å². The summed E-state index contributed by atoms with van der Waals surface area (Å²) in [5.41, 5.74) is 3.30. The second-order valence-corrected chi connectivity index (χ2v) is 12.0. The maximum absolute atomic E-state index is 15.5. The van der Waals surface area contributed by atoms with Gasteiger partial charge >= 0.3 is 5.97 Å². The lowest BCUT2D eigenvalue weighted by molar-refractivity contribution is -0.144. The molecular formula is C34H39F3N4O4. The predicted octanol–water partition coefficient (Wildman–Crippen LogP) is 6.14. The zero-order chi connectivity index (χ0) is 33.0. The number of amides is 2. The quantitative estimate of drug-likeness (QED) is 0.196. The van der Waals surface area contributed by atoms with Crippen molar-refractivity contribution in [1.29, 1.82) is 0 Å². The van der Waals surface area contributed by atoms with Gasteiger partial charge in [0.15, 0.2) is 11.6 Å². The lowest BCUT2D eigenvalue weighted by Crippen LogP contribution is -2.41. The van der Waals surface area contributed by atoms with E-state index in [1.165, 1.54) is 18.2 Å². The molecule has 0 bridgehead atoms. The van der Waals surface area contributed by atoms with Crippen molar-refractivity contribution in [2.24, 2.45) is 11.8 Å². The average molecular weight is 625 g/mol. The molecule has 2 atom stereocenters. The van der Waals surface area contributed by atoms with Gasteiger partial charge < -0.3 is 15.4 Å². The van der Waals surface area contributed by atoms with Crippen LogP contribution in [-0.4, -0.2) is 41.3 Å². The fourth-order valence-electron chi connectivity index (χ4n) is 5.77. The van der Waals surface area contributed by atoms with Gasteiger partial charge in [-0.25, -0.2) is 18.2 Å². The van der Waals surface area contributed by atoms with Crippen LogP contribution in [0.15, 0.2) is 36.4 Å². The van der Waals surface area contributed by atoms with Crippen LogP contribution in [0.1, 0.15) is 67.6 Å². The Labute approximate surface area is 261 Å². The number of carbonyl (C=O) groups is 3. The minimum absolute atomic E-state index is 0.0340. The molecule has 4 rings (SSSR count). The molecule has 2 heterocycles. The summed E-state index contributed by atoms with van der Waals surface area (Å²) in [6.07, 6.45) is -0.376. The predicted molar refractivity (Wildman–Crippen MR) is 164 cm³/mol. The van der Waals surface area contributed by atoms with Gasteiger partial charge in [0, 0.05) is 18.7 Å². The molecule has 1 aliphatic heterocycles. The van der Waals surface area contributed by atoms with Gasteiger partial charge in [-0.05, 0) is 98.3 Å². The van der Waals surface area contributed by atoms with Gasteiger partial charge in [-0.15, -0.1) is 0 Å². The van der Waals surface area contributed by atoms with Crippen LogP contribution in [0.3, 0.4) is 0 Å². The fourth-order valence-corrected chi connectivity index (χ4v) is 5.77. The van der Waals surface area contributed by atoms with Gasteiger partial charge in [0.05, 0.1) is 24.8 Å². The second-order valence-electron chi connectivity index (χ2n) is 12.0. The molecule has 3 aromatic rings. The highest BCUT2D eigenvalue weighted by Crippen LogP contribution is 2.34. The van der Waals surface area contributed by atoms with E-state index in [2.05, 4.69) is 20.5 Å². The molecule has 0 spiro atoms. The van der Waals surface area contributed by atoms with Crippen molar-refractivity contribution in [3.05, 3.63) is 81.8 Å². The van der Waals surface area contributed by atoms with E-state index in [1.807, 2.05) is 27.0 Å². The van der Waals surface area contributed by atoms with Crippen LogP contribution in [-0.2, 0) is 32.2 Å². The first-order chi connectivity index (χ1) is 21.3. The zero-order valence-electron chi connectivity index (χ0n) is 26.4. The molecule has 11 heteroatoms. The fraction of sp³-hybridized carbons (Fsp3) is 0.412. The number of hydrogen-bond acceptors (Lipinski definition) is 6. The Balaban J connectivity index is 1.68. The van der Waals surface area contributed by atoms with E-state index in [9.17, 15) is 18.8 Å². The van der Waals surface area contributed by atoms with Crippen molar-refractivity contribution in [2.45, 2.75) is 66.6 Å². The van der Waals surface area contributed by atoms with Crippen molar-refractivity contribution in [1.82, 2.24) is 15.2 Å². The highest BCUT2D eigenvalue weighted by atomic mass is 19.2. The van der Waals surface area contributed by atoms with Crippen LogP contribution in [0.5, 0.6) is 0 Å². The van der Waals surface area contributed by atoms with E-state index < -0.39 is 53.6 Å². The van der Waals surface area contributed by atoms with Gasteiger partial charge in [-0.3, -0.25) is 19.3 Å². The molecule has 240 valence electrons. The first kappa shape index (κ1) is 33.6. The smallest absolute Gasteiger partial charge is 0.308 e. The maximum Gasteiger partial charge on any atom is 0.308 e. The van der Waals surface area contributed by atoms with E-state index in [-0.39, 0.29) is 30.1 Å². The number of anilines is 1. The number of benzene rings is 2. The summed E-state index contributed by atoms with van der Waals surface area (Å²) in [5, 5.41) is 5.36. The molecule has 0 saturated carbocycles. The Morgan fingerprint density at radius 1 is 1.00 bits per heavy atom. The SMILES string of the molecule is CCOC(=O)C[C@H](NC(=O)[C@H](CC(C)C)C(=O)Nc1ccc2c(n1)CN(C)C2)c1cc(-c2c(C)cc(F)cc2C)cc(F)c1F. The standard InChI is InChI=1S/C34H39F3N4O4/c1-7-45-30(42)15-27(24-13-22(14-26(36)32(24)37)31-19(4)11-23(35)12-20(31)5)39-33(43)25(10-18(2)3)34(44)40-29-9-8-21-16-41(6)17-28(21)38-29/h8-9,11-14,18,25,27H,7,10,15-17H2,1-6H3,(H,39,43)(H,38,40,44)/t25-,27-/m0/s1. The molecule has 0 aliphatic carbocycles. The minimum Gasteiger partial charge on any atom is -0.466 e. The average Bonchev–Trinajstić information content (AvgIpc) is 3.31. The van der Waals surface area contributed by atoms with Crippen LogP contribution in [0.2, 0.25) is 0 Å². The lowest BCUT2D eigenvalue weighted by atomic mass is 9.91. The summed E-state index contributed by atoms with van der Waals surface area (Å²) in [4.78, 5) is 46.5. The monoisotopic (exact) mass is 624 g/mol. The number of hydrogen-bond donors (Lipinski definition) is 2. The van der Waals surface area contributed by atoms with E-state index in [4.69, 9.17) is 4.74 Å². The number of fused-ring (bicyclic) bond motifs is 1. The summed E-state index contributed by atoms with van der Waals surface area (Å²) >= 11 is 0. The van der Waals surface area contributed by atoms with Gasteiger partial charge in [0.2, 0.25) is 11.8 Å². The number of nitrogens with one attached hydrogen (secondary N) is 2. The highest BCUT2D eigenvalue weighted by Gasteiger charge is 2.33. The molecule has 45 heavy (non-hydrogen) atoms. The summed E-state index contributed by atoms with van der Waals surface area (Å²) in [5.74, 6) is -6.10. The molecule has 0 saturated heterocycles. The Kier molecular flexibility index (Phi) is 10.6. The maximum atomic E-state index is 15.5. The third-order valence-electron chi connectivity index (χ3n) is 7.73. The highest BCUT2D eigenvalue weighted by molar-refractivity contribution is 6.06. The van der Waals surface area contributed by atoms with Crippen molar-refractivity contribution in [3.63, 3.8) is 0 Å². The minimum atomic E-state index is -1.37. The third kappa shape index (κ3) is 8.08. The largest absolute Gasteiger partial charge is 0.466 e. The number of halogens is 3. The van der Waals surface area contributed by atoms with E-state index in [0.29, 0.717) is 29.1 Å². The topological polar surface area (TPSA) is 101 Å². The lowest BCUT2D eigenvalue weighted by Gasteiger charge is -2.24. The first-order valence-electron chi connectivity index (χ1n) is 15.0. The van der Waals surface area contributed by atoms with Crippen molar-refractivity contribution < 1.29 is 32.3 Å². The molecule has 1 aromatic heterocycles. The number of esters is 1. The summed E-state index contributed by atoms with van der Waals surface area (Å²) in [7, 11) is 1.96. The normalized spacial score (nSPS) is 14.2. The van der Waals surface area contributed by atoms with Crippen molar-refractivity contribution in [2.75, 3.05) is 19.0 Å². The number of pyridine rings is 1. The molecule has 0 fully saturated rings. The molecule has 8 nitrogen and oxygen atoms in total. The van der Waals surface area contributed by atoms with Crippen molar-refractivity contribution >= 4 is 23.6 Å². The molecule has 1 aliphatic rings. The number of ether oxygens (including phenoxy) is 1. The first-order valence-corrected chi connectivity index (χ1v) is 15.0. The molecule has 2 N–H and O–H groups in total. The Morgan fingerprint density at radius 3 is 2.33 bits per heavy atom. The van der Waals surface area contributed by atoms with Gasteiger partial charge in [-0.2, -0.15) is 0 Å². The second kappa shape index (κ2) is 14.2. The summed E-state index contributed by atoms with van der Waals surface area (Å²) in [6.45, 7) is 9.99. The van der Waals surface area contributed by atoms with Gasteiger partial charge in [0.25, 0.3) is 0 Å². The van der Waals surface area contributed by atoms with E-state index in [0.717, 1.165) is 23.9 Å². The van der Waals surface area contributed by atoms with E-state index >= 15 is 8.78 Å². The van der Waals surface area contributed by atoms with Crippen molar-refractivity contribution in [3.8, 4) is 11.1 Å². The molecule has 0 radical (unpaired) electrons. The Morgan fingerprint density at radius 2 is 1.69 bits per heavy atom. The number of rotatable bonds is 11. The van der Waals surface area contributed by atoms with Crippen LogP contribution in [0.4, 0.5) is 19.0 Å². The number of nitrogens with zero attached hydrogens (tertiary/aromatic N) is 2. The molecule has 0 unspecified atom stereocenters. The molecule has 2 amide bonds. The third-order valence-corrected chi connectivity index (χ3v) is 7.73. The van der Waals surface area contributed by atoms with Crippen LogP contribution >= 0.6 is 0 Å². The van der Waals surface area contributed by atoms with Gasteiger partial charge in [-0.1, -0.05) is 19.9 Å². The molecule has 2 aromatic carbocycles. The van der Waals surface area contributed by atoms with Crippen LogP contribution < -0.4 is 10.6 Å². The number of aryl methyl sites for hydroxylation is 2. The summed E-state index contributed by atoms with van der Waals surface area (Å²) in [6, 6.07) is 7.07. The zero-order valence-corrected chi connectivity index (χ0v) is 26.4. The molecular weight excluding hydrogens is 585 g/mol. The van der Waals surface area contributed by atoms with Crippen LogP contribution in [0, 0.1) is 43.1 Å². The Bertz CT molecular complexity index is 1590. The number of aromatic nitrogens is 1. The van der Waals surface area contributed by atoms with Crippen LogP contribution in [0.25, 0.3) is 11.1 Å². The van der Waals surface area contributed by atoms with Gasteiger partial charge in [0.1, 0.15) is 17.6 Å². The summed E-state index contributed by atoms with van der Waals surface area (Å²) < 4.78 is 49.7.